The summed E-state index contributed by atoms with van der Waals surface area (Å²) in [6.45, 7) is 3.81. The van der Waals surface area contributed by atoms with Gasteiger partial charge in [0, 0.05) is 20.3 Å². The van der Waals surface area contributed by atoms with Gasteiger partial charge < -0.3 is 20.3 Å². The van der Waals surface area contributed by atoms with Crippen molar-refractivity contribution in [1.29, 1.82) is 0 Å². The molecule has 0 heterocycles. The molecule has 0 bridgehead atoms. The molecule has 0 aromatic rings. The van der Waals surface area contributed by atoms with E-state index in [1.165, 1.54) is 0 Å². The molecule has 0 saturated carbocycles. The number of hydrogen-bond donors (Lipinski definition) is 3. The minimum absolute atomic E-state index is 0.189. The van der Waals surface area contributed by atoms with Crippen molar-refractivity contribution in [3.8, 4) is 0 Å². The second-order valence-corrected chi connectivity index (χ2v) is 3.06. The summed E-state index contributed by atoms with van der Waals surface area (Å²) in [4.78, 5) is 0. The molecule has 0 aromatic heterocycles. The van der Waals surface area contributed by atoms with Gasteiger partial charge in [0.25, 0.3) is 0 Å². The Balaban J connectivity index is 3.18. The van der Waals surface area contributed by atoms with E-state index < -0.39 is 6.10 Å². The summed E-state index contributed by atoms with van der Waals surface area (Å²) in [5.74, 6) is 0.431. The predicted octanol–water partition coefficient (Wildman–Crippen LogP) is -0.788. The van der Waals surface area contributed by atoms with Crippen molar-refractivity contribution >= 4 is 0 Å². The molecule has 0 saturated heterocycles. The van der Waals surface area contributed by atoms with Crippen LogP contribution in [0.4, 0.5) is 0 Å². The molecule has 3 N–H and O–H groups in total. The maximum Gasteiger partial charge on any atom is 0.0894 e. The van der Waals surface area contributed by atoms with Crippen molar-refractivity contribution < 1.29 is 14.9 Å². The van der Waals surface area contributed by atoms with Gasteiger partial charge in [-0.2, -0.15) is 0 Å². The van der Waals surface area contributed by atoms with E-state index >= 15 is 0 Å². The average Bonchev–Trinajstić information content (AvgIpc) is 2.04. The maximum atomic E-state index is 8.96. The van der Waals surface area contributed by atoms with Crippen LogP contribution >= 0.6 is 0 Å². The quantitative estimate of drug-likeness (QED) is 0.477. The van der Waals surface area contributed by atoms with Gasteiger partial charge in [0.1, 0.15) is 0 Å². The molecule has 0 aromatic carbocycles. The highest BCUT2D eigenvalue weighted by Crippen LogP contribution is 1.91. The molecule has 0 aliphatic carbocycles. The molecule has 74 valence electrons. The van der Waals surface area contributed by atoms with Crippen LogP contribution in [0, 0.1) is 5.92 Å². The monoisotopic (exact) mass is 177 g/mol. The first kappa shape index (κ1) is 11.8. The van der Waals surface area contributed by atoms with E-state index in [-0.39, 0.29) is 6.61 Å². The maximum absolute atomic E-state index is 8.96. The summed E-state index contributed by atoms with van der Waals surface area (Å²) >= 11 is 0. The third kappa shape index (κ3) is 6.54. The first-order valence-corrected chi connectivity index (χ1v) is 4.19. The zero-order valence-corrected chi connectivity index (χ0v) is 7.79. The summed E-state index contributed by atoms with van der Waals surface area (Å²) in [7, 11) is 1.67. The largest absolute Gasteiger partial charge is 0.394 e. The average molecular weight is 177 g/mol. The topological polar surface area (TPSA) is 61.7 Å². The SMILES string of the molecule is COCC(C)CNCC(O)CO. The molecule has 0 spiro atoms. The number of nitrogens with one attached hydrogen (secondary N) is 1. The third-order valence-electron chi connectivity index (χ3n) is 1.53. The fourth-order valence-corrected chi connectivity index (χ4v) is 0.904. The van der Waals surface area contributed by atoms with Gasteiger partial charge in [-0.15, -0.1) is 0 Å². The molecule has 0 amide bonds. The first-order valence-electron chi connectivity index (χ1n) is 4.19. The van der Waals surface area contributed by atoms with Crippen molar-refractivity contribution in [2.24, 2.45) is 5.92 Å². The Kier molecular flexibility index (Phi) is 7.39. The summed E-state index contributed by atoms with van der Waals surface area (Å²) in [6.07, 6.45) is -0.653. The summed E-state index contributed by atoms with van der Waals surface area (Å²) in [5, 5.41) is 20.5. The number of methoxy groups -OCH3 is 1. The first-order chi connectivity index (χ1) is 5.70. The molecule has 2 unspecified atom stereocenters. The van der Waals surface area contributed by atoms with Crippen LogP contribution in [0.1, 0.15) is 6.92 Å². The van der Waals surface area contributed by atoms with Gasteiger partial charge in [0.05, 0.1) is 12.7 Å². The fraction of sp³-hybridized carbons (Fsp3) is 1.00. The van der Waals surface area contributed by atoms with E-state index in [0.717, 1.165) is 6.54 Å². The Hall–Kier alpha value is -0.160. The van der Waals surface area contributed by atoms with Crippen LogP contribution in [-0.2, 0) is 4.74 Å². The normalized spacial score (nSPS) is 16.0. The second-order valence-electron chi connectivity index (χ2n) is 3.06. The van der Waals surface area contributed by atoms with Crippen molar-refractivity contribution in [1.82, 2.24) is 5.32 Å². The lowest BCUT2D eigenvalue weighted by atomic mass is 10.2. The lowest BCUT2D eigenvalue weighted by Gasteiger charge is -2.13. The summed E-state index contributed by atoms with van der Waals surface area (Å²) < 4.78 is 4.94. The molecular formula is C8H19NO3. The van der Waals surface area contributed by atoms with E-state index in [9.17, 15) is 0 Å². The van der Waals surface area contributed by atoms with E-state index in [1.807, 2.05) is 0 Å². The Morgan fingerprint density at radius 2 is 2.08 bits per heavy atom. The van der Waals surface area contributed by atoms with Crippen molar-refractivity contribution in [3.05, 3.63) is 0 Å². The number of ether oxygens (including phenoxy) is 1. The zero-order chi connectivity index (χ0) is 9.40. The van der Waals surface area contributed by atoms with E-state index in [0.29, 0.717) is 19.1 Å². The minimum atomic E-state index is -0.653. The molecule has 0 radical (unpaired) electrons. The van der Waals surface area contributed by atoms with Gasteiger partial charge in [0.2, 0.25) is 0 Å². The highest BCUT2D eigenvalue weighted by Gasteiger charge is 2.03. The van der Waals surface area contributed by atoms with Crippen LogP contribution in [0.25, 0.3) is 0 Å². The van der Waals surface area contributed by atoms with Gasteiger partial charge in [0.15, 0.2) is 0 Å². The standard InChI is InChI=1S/C8H19NO3/c1-7(6-12-2)3-9-4-8(11)5-10/h7-11H,3-6H2,1-2H3. The molecule has 2 atom stereocenters. The number of rotatable bonds is 7. The smallest absolute Gasteiger partial charge is 0.0894 e. The molecule has 0 aliphatic heterocycles. The van der Waals surface area contributed by atoms with Gasteiger partial charge >= 0.3 is 0 Å². The highest BCUT2D eigenvalue weighted by molar-refractivity contribution is 4.60. The minimum Gasteiger partial charge on any atom is -0.394 e. The Morgan fingerprint density at radius 1 is 1.42 bits per heavy atom. The highest BCUT2D eigenvalue weighted by atomic mass is 16.5. The predicted molar refractivity (Wildman–Crippen MR) is 47.0 cm³/mol. The van der Waals surface area contributed by atoms with Crippen LogP contribution in [0.2, 0.25) is 0 Å². The number of aliphatic hydroxyl groups is 2. The van der Waals surface area contributed by atoms with Crippen LogP contribution in [0.5, 0.6) is 0 Å². The van der Waals surface area contributed by atoms with Gasteiger partial charge in [-0.05, 0) is 12.5 Å². The van der Waals surface area contributed by atoms with Crippen molar-refractivity contribution in [3.63, 3.8) is 0 Å². The third-order valence-corrected chi connectivity index (χ3v) is 1.53. The molecule has 12 heavy (non-hydrogen) atoms. The summed E-state index contributed by atoms with van der Waals surface area (Å²) in [6, 6.07) is 0. The second kappa shape index (κ2) is 7.49. The van der Waals surface area contributed by atoms with Gasteiger partial charge in [-0.25, -0.2) is 0 Å². The lowest BCUT2D eigenvalue weighted by Crippen LogP contribution is -2.33. The van der Waals surface area contributed by atoms with E-state index in [1.54, 1.807) is 7.11 Å². The zero-order valence-electron chi connectivity index (χ0n) is 7.79. The van der Waals surface area contributed by atoms with Gasteiger partial charge in [-0.1, -0.05) is 6.92 Å². The molecule has 4 heteroatoms. The molecule has 0 fully saturated rings. The van der Waals surface area contributed by atoms with Crippen LogP contribution in [0.15, 0.2) is 0 Å². The molecule has 0 rings (SSSR count). The summed E-state index contributed by atoms with van der Waals surface area (Å²) in [5.41, 5.74) is 0. The van der Waals surface area contributed by atoms with Crippen LogP contribution in [0.3, 0.4) is 0 Å². The van der Waals surface area contributed by atoms with Gasteiger partial charge in [-0.3, -0.25) is 0 Å². The molecular weight excluding hydrogens is 158 g/mol. The Morgan fingerprint density at radius 3 is 2.58 bits per heavy atom. The van der Waals surface area contributed by atoms with Crippen LogP contribution in [-0.4, -0.2) is 49.7 Å². The molecule has 0 aliphatic rings. The lowest BCUT2D eigenvalue weighted by molar-refractivity contribution is 0.0915. The number of hydrogen-bond acceptors (Lipinski definition) is 4. The van der Waals surface area contributed by atoms with Crippen molar-refractivity contribution in [2.45, 2.75) is 13.0 Å². The Labute approximate surface area is 73.5 Å². The Bertz CT molecular complexity index is 100. The van der Waals surface area contributed by atoms with Crippen molar-refractivity contribution in [2.75, 3.05) is 33.4 Å². The molecule has 4 nitrogen and oxygen atoms in total. The number of aliphatic hydroxyl groups excluding tert-OH is 2. The fourth-order valence-electron chi connectivity index (χ4n) is 0.904. The van der Waals surface area contributed by atoms with E-state index in [2.05, 4.69) is 12.2 Å². The van der Waals surface area contributed by atoms with Crippen LogP contribution < -0.4 is 5.32 Å². The van der Waals surface area contributed by atoms with E-state index in [4.69, 9.17) is 14.9 Å².